The number of nitrogens with zero attached hydrogens (tertiary/aromatic N) is 2. The van der Waals surface area contributed by atoms with Gasteiger partial charge in [-0.25, -0.2) is 4.39 Å². The molecule has 3 nitrogen and oxygen atoms in total. The van der Waals surface area contributed by atoms with Gasteiger partial charge in [0.1, 0.15) is 5.82 Å². The van der Waals surface area contributed by atoms with Crippen LogP contribution in [0.15, 0.2) is 34.9 Å². The van der Waals surface area contributed by atoms with E-state index in [1.807, 2.05) is 23.9 Å². The minimum atomic E-state index is -0.218. The molecule has 0 aliphatic carbocycles. The fraction of sp³-hybridized carbons (Fsp3) is 0.357. The van der Waals surface area contributed by atoms with Crippen molar-refractivity contribution in [2.45, 2.75) is 19.4 Å². The lowest BCUT2D eigenvalue weighted by Gasteiger charge is -2.18. The van der Waals surface area contributed by atoms with Gasteiger partial charge >= 0.3 is 0 Å². The molecule has 19 heavy (non-hydrogen) atoms. The zero-order chi connectivity index (χ0) is 13.8. The Balaban J connectivity index is 2.23. The van der Waals surface area contributed by atoms with Gasteiger partial charge in [0.15, 0.2) is 0 Å². The van der Waals surface area contributed by atoms with Crippen molar-refractivity contribution in [3.05, 3.63) is 52.0 Å². The van der Waals surface area contributed by atoms with E-state index in [1.165, 1.54) is 6.07 Å². The molecule has 0 aliphatic rings. The van der Waals surface area contributed by atoms with Crippen molar-refractivity contribution in [3.8, 4) is 0 Å². The van der Waals surface area contributed by atoms with Crippen molar-refractivity contribution in [1.29, 1.82) is 0 Å². The number of hydrogen-bond donors (Lipinski definition) is 1. The number of aryl methyl sites for hydroxylation is 1. The molecule has 2 aromatic rings. The summed E-state index contributed by atoms with van der Waals surface area (Å²) in [7, 11) is 1.92. The van der Waals surface area contributed by atoms with Gasteiger partial charge in [0.25, 0.3) is 0 Å². The maximum atomic E-state index is 13.4. The first-order valence-electron chi connectivity index (χ1n) is 6.26. The van der Waals surface area contributed by atoms with E-state index in [0.29, 0.717) is 0 Å². The van der Waals surface area contributed by atoms with Crippen molar-refractivity contribution >= 4 is 15.9 Å². The first kappa shape index (κ1) is 14.2. The third kappa shape index (κ3) is 3.64. The van der Waals surface area contributed by atoms with E-state index in [-0.39, 0.29) is 11.9 Å². The lowest BCUT2D eigenvalue weighted by atomic mass is 10.0. The molecule has 1 N–H and O–H groups in total. The summed E-state index contributed by atoms with van der Waals surface area (Å²) in [5.41, 5.74) is 2.06. The van der Waals surface area contributed by atoms with Crippen LogP contribution in [0.2, 0.25) is 0 Å². The highest BCUT2D eigenvalue weighted by molar-refractivity contribution is 9.10. The standard InChI is InChI=1S/C14H17BrFN3/c1-3-17-13(14-4-5-18-19(14)2)8-10-6-11(15)9-12(16)7-10/h4-7,9,13,17H,3,8H2,1-2H3. The lowest BCUT2D eigenvalue weighted by Crippen LogP contribution is -2.25. The van der Waals surface area contributed by atoms with E-state index >= 15 is 0 Å². The summed E-state index contributed by atoms with van der Waals surface area (Å²) in [5.74, 6) is -0.218. The molecule has 0 aliphatic heterocycles. The fourth-order valence-electron chi connectivity index (χ4n) is 2.22. The molecule has 1 unspecified atom stereocenters. The van der Waals surface area contributed by atoms with Crippen LogP contribution in [-0.2, 0) is 13.5 Å². The number of aromatic nitrogens is 2. The predicted octanol–water partition coefficient (Wildman–Crippen LogP) is 3.22. The van der Waals surface area contributed by atoms with Gasteiger partial charge in [-0.2, -0.15) is 5.10 Å². The average Bonchev–Trinajstić information content (AvgIpc) is 2.73. The van der Waals surface area contributed by atoms with Crippen molar-refractivity contribution < 1.29 is 4.39 Å². The monoisotopic (exact) mass is 325 g/mol. The predicted molar refractivity (Wildman–Crippen MR) is 77.4 cm³/mol. The maximum Gasteiger partial charge on any atom is 0.124 e. The Morgan fingerprint density at radius 3 is 2.79 bits per heavy atom. The Kier molecular flexibility index (Phi) is 4.71. The normalized spacial score (nSPS) is 12.6. The summed E-state index contributed by atoms with van der Waals surface area (Å²) in [6.45, 7) is 2.91. The van der Waals surface area contributed by atoms with Gasteiger partial charge in [0.2, 0.25) is 0 Å². The number of hydrogen-bond acceptors (Lipinski definition) is 2. The smallest absolute Gasteiger partial charge is 0.124 e. The quantitative estimate of drug-likeness (QED) is 0.914. The van der Waals surface area contributed by atoms with Gasteiger partial charge in [-0.15, -0.1) is 0 Å². The highest BCUT2D eigenvalue weighted by Crippen LogP contribution is 2.21. The van der Waals surface area contributed by atoms with Crippen LogP contribution >= 0.6 is 15.9 Å². The molecule has 2 rings (SSSR count). The van der Waals surface area contributed by atoms with Gasteiger partial charge < -0.3 is 5.32 Å². The van der Waals surface area contributed by atoms with E-state index < -0.39 is 0 Å². The summed E-state index contributed by atoms with van der Waals surface area (Å²) in [6.07, 6.45) is 2.50. The molecular formula is C14H17BrFN3. The summed E-state index contributed by atoms with van der Waals surface area (Å²) < 4.78 is 16.0. The van der Waals surface area contributed by atoms with Crippen LogP contribution in [0.1, 0.15) is 24.2 Å². The molecule has 0 radical (unpaired) electrons. The summed E-state index contributed by atoms with van der Waals surface area (Å²) in [6, 6.07) is 7.11. The van der Waals surface area contributed by atoms with Crippen molar-refractivity contribution in [3.63, 3.8) is 0 Å². The lowest BCUT2D eigenvalue weighted by molar-refractivity contribution is 0.506. The Hall–Kier alpha value is -1.20. The molecule has 102 valence electrons. The van der Waals surface area contributed by atoms with Crippen molar-refractivity contribution in [1.82, 2.24) is 15.1 Å². The Bertz CT molecular complexity index is 533. The molecule has 1 atom stereocenters. The zero-order valence-corrected chi connectivity index (χ0v) is 12.6. The number of nitrogens with one attached hydrogen (secondary N) is 1. The summed E-state index contributed by atoms with van der Waals surface area (Å²) in [4.78, 5) is 0. The van der Waals surface area contributed by atoms with E-state index in [9.17, 15) is 4.39 Å². The van der Waals surface area contributed by atoms with Crippen molar-refractivity contribution in [2.75, 3.05) is 6.54 Å². The fourth-order valence-corrected chi connectivity index (χ4v) is 2.73. The number of benzene rings is 1. The highest BCUT2D eigenvalue weighted by atomic mass is 79.9. The first-order chi connectivity index (χ1) is 9.10. The Labute approximate surface area is 121 Å². The third-order valence-corrected chi connectivity index (χ3v) is 3.49. The Morgan fingerprint density at radius 2 is 2.21 bits per heavy atom. The molecule has 1 aromatic carbocycles. The van der Waals surface area contributed by atoms with Crippen LogP contribution < -0.4 is 5.32 Å². The molecule has 0 saturated carbocycles. The van der Waals surface area contributed by atoms with Gasteiger partial charge in [-0.05, 0) is 42.8 Å². The minimum absolute atomic E-state index is 0.131. The number of rotatable bonds is 5. The van der Waals surface area contributed by atoms with Gasteiger partial charge in [-0.3, -0.25) is 4.68 Å². The molecule has 0 fully saturated rings. The third-order valence-electron chi connectivity index (χ3n) is 3.03. The second-order valence-electron chi connectivity index (χ2n) is 4.47. The molecule has 0 bridgehead atoms. The van der Waals surface area contributed by atoms with Gasteiger partial charge in [0, 0.05) is 17.7 Å². The molecule has 1 aromatic heterocycles. The van der Waals surface area contributed by atoms with E-state index in [0.717, 1.165) is 28.7 Å². The molecule has 1 heterocycles. The molecular weight excluding hydrogens is 309 g/mol. The van der Waals surface area contributed by atoms with Crippen LogP contribution in [0.4, 0.5) is 4.39 Å². The topological polar surface area (TPSA) is 29.9 Å². The van der Waals surface area contributed by atoms with E-state index in [4.69, 9.17) is 0 Å². The van der Waals surface area contributed by atoms with Crippen LogP contribution in [-0.4, -0.2) is 16.3 Å². The number of likely N-dealkylation sites (N-methyl/N-ethyl adjacent to an activating group) is 1. The number of halogens is 2. The molecule has 0 saturated heterocycles. The van der Waals surface area contributed by atoms with Crippen molar-refractivity contribution in [2.24, 2.45) is 7.05 Å². The molecule has 0 amide bonds. The van der Waals surface area contributed by atoms with Crippen LogP contribution in [0.5, 0.6) is 0 Å². The maximum absolute atomic E-state index is 13.4. The average molecular weight is 326 g/mol. The second-order valence-corrected chi connectivity index (χ2v) is 5.39. The van der Waals surface area contributed by atoms with Gasteiger partial charge in [0.05, 0.1) is 11.7 Å². The highest BCUT2D eigenvalue weighted by Gasteiger charge is 2.15. The van der Waals surface area contributed by atoms with E-state index in [2.05, 4.69) is 33.3 Å². The largest absolute Gasteiger partial charge is 0.309 e. The summed E-state index contributed by atoms with van der Waals surface area (Å²) >= 11 is 3.33. The van der Waals surface area contributed by atoms with E-state index in [1.54, 1.807) is 12.3 Å². The van der Waals surface area contributed by atoms with Crippen LogP contribution in [0.25, 0.3) is 0 Å². The Morgan fingerprint density at radius 1 is 1.42 bits per heavy atom. The first-order valence-corrected chi connectivity index (χ1v) is 7.05. The second kappa shape index (κ2) is 6.30. The summed E-state index contributed by atoms with van der Waals surface area (Å²) in [5, 5.41) is 7.60. The minimum Gasteiger partial charge on any atom is -0.309 e. The molecule has 0 spiro atoms. The van der Waals surface area contributed by atoms with Crippen LogP contribution in [0, 0.1) is 5.82 Å². The zero-order valence-electron chi connectivity index (χ0n) is 11.0. The molecule has 5 heteroatoms. The van der Waals surface area contributed by atoms with Crippen LogP contribution in [0.3, 0.4) is 0 Å². The SMILES string of the molecule is CCNC(Cc1cc(F)cc(Br)c1)c1ccnn1C. The van der Waals surface area contributed by atoms with Gasteiger partial charge in [-0.1, -0.05) is 22.9 Å².